The normalized spacial score (nSPS) is 29.2. The number of ether oxygens (including phenoxy) is 1. The zero-order chi connectivity index (χ0) is 14.1. The molecule has 1 aromatic rings. The number of fused-ring (bicyclic) bond motifs is 2. The van der Waals surface area contributed by atoms with E-state index in [1.165, 1.54) is 25.7 Å². The van der Waals surface area contributed by atoms with E-state index < -0.39 is 0 Å². The predicted molar refractivity (Wildman–Crippen MR) is 76.7 cm³/mol. The molecule has 1 heterocycles. The molecule has 20 heavy (non-hydrogen) atoms. The third-order valence-electron chi connectivity index (χ3n) is 5.00. The minimum atomic E-state index is -0.0320. The Labute approximate surface area is 119 Å². The van der Waals surface area contributed by atoms with Crippen molar-refractivity contribution in [2.24, 2.45) is 17.8 Å². The fourth-order valence-electron chi connectivity index (χ4n) is 3.94. The molecule has 108 valence electrons. The van der Waals surface area contributed by atoms with Crippen molar-refractivity contribution in [2.45, 2.75) is 38.6 Å². The van der Waals surface area contributed by atoms with Gasteiger partial charge in [0.1, 0.15) is 0 Å². The van der Waals surface area contributed by atoms with Crippen LogP contribution < -0.4 is 10.1 Å². The molecule has 3 rings (SSSR count). The van der Waals surface area contributed by atoms with Crippen molar-refractivity contribution in [1.29, 1.82) is 0 Å². The number of carbonyl (C=O) groups excluding carboxylic acids is 1. The Kier molecular flexibility index (Phi) is 3.64. The van der Waals surface area contributed by atoms with Crippen LogP contribution in [0.1, 0.15) is 43.0 Å². The lowest BCUT2D eigenvalue weighted by Crippen LogP contribution is -2.40. The molecule has 0 aromatic carbocycles. The number of hydrogen-bond acceptors (Lipinski definition) is 3. The van der Waals surface area contributed by atoms with Gasteiger partial charge in [0.2, 0.25) is 5.88 Å². The van der Waals surface area contributed by atoms with Gasteiger partial charge in [-0.3, -0.25) is 4.79 Å². The lowest BCUT2D eigenvalue weighted by atomic mass is 9.84. The van der Waals surface area contributed by atoms with E-state index in [-0.39, 0.29) is 11.9 Å². The molecule has 1 amide bonds. The number of nitrogens with zero attached hydrogens (tertiary/aromatic N) is 1. The second-order valence-corrected chi connectivity index (χ2v) is 6.19. The molecule has 4 nitrogen and oxygen atoms in total. The van der Waals surface area contributed by atoms with Crippen LogP contribution in [0, 0.1) is 17.8 Å². The summed E-state index contributed by atoms with van der Waals surface area (Å²) >= 11 is 0. The molecule has 2 bridgehead atoms. The second-order valence-electron chi connectivity index (χ2n) is 6.19. The van der Waals surface area contributed by atoms with Crippen molar-refractivity contribution in [3.8, 4) is 5.88 Å². The van der Waals surface area contributed by atoms with Crippen LogP contribution in [-0.2, 0) is 0 Å². The lowest BCUT2D eigenvalue weighted by Gasteiger charge is -2.28. The summed E-state index contributed by atoms with van der Waals surface area (Å²) in [5.41, 5.74) is 0.598. The highest BCUT2D eigenvalue weighted by atomic mass is 16.5. The number of pyridine rings is 1. The van der Waals surface area contributed by atoms with Gasteiger partial charge < -0.3 is 10.1 Å². The van der Waals surface area contributed by atoms with Crippen LogP contribution in [0.15, 0.2) is 18.3 Å². The number of aromatic nitrogens is 1. The van der Waals surface area contributed by atoms with Gasteiger partial charge in [-0.05, 0) is 50.0 Å². The molecular weight excluding hydrogens is 252 g/mol. The Hall–Kier alpha value is -1.58. The van der Waals surface area contributed by atoms with E-state index in [9.17, 15) is 4.79 Å². The van der Waals surface area contributed by atoms with Crippen LogP contribution in [0.25, 0.3) is 0 Å². The summed E-state index contributed by atoms with van der Waals surface area (Å²) in [6.45, 7) is 2.14. The molecule has 0 spiro atoms. The largest absolute Gasteiger partial charge is 0.481 e. The van der Waals surface area contributed by atoms with Crippen LogP contribution in [-0.4, -0.2) is 24.0 Å². The van der Waals surface area contributed by atoms with Gasteiger partial charge in [0.15, 0.2) is 0 Å². The monoisotopic (exact) mass is 274 g/mol. The van der Waals surface area contributed by atoms with Gasteiger partial charge in [0.25, 0.3) is 5.91 Å². The predicted octanol–water partition coefficient (Wildman–Crippen LogP) is 2.64. The molecule has 1 aromatic heterocycles. The Morgan fingerprint density at radius 1 is 1.40 bits per heavy atom. The van der Waals surface area contributed by atoms with Crippen molar-refractivity contribution in [3.63, 3.8) is 0 Å². The Morgan fingerprint density at radius 2 is 2.25 bits per heavy atom. The minimum Gasteiger partial charge on any atom is -0.481 e. The fourth-order valence-corrected chi connectivity index (χ4v) is 3.94. The third kappa shape index (κ3) is 2.51. The van der Waals surface area contributed by atoms with Crippen LogP contribution in [0.4, 0.5) is 0 Å². The average molecular weight is 274 g/mol. The van der Waals surface area contributed by atoms with Crippen molar-refractivity contribution in [2.75, 3.05) is 7.11 Å². The van der Waals surface area contributed by atoms with E-state index in [4.69, 9.17) is 4.74 Å². The first-order chi connectivity index (χ1) is 9.67. The first-order valence-corrected chi connectivity index (χ1v) is 7.48. The lowest BCUT2D eigenvalue weighted by molar-refractivity contribution is 0.0915. The number of methoxy groups -OCH3 is 1. The van der Waals surface area contributed by atoms with Crippen molar-refractivity contribution < 1.29 is 9.53 Å². The summed E-state index contributed by atoms with van der Waals surface area (Å²) in [4.78, 5) is 16.3. The van der Waals surface area contributed by atoms with E-state index in [2.05, 4.69) is 17.2 Å². The second kappa shape index (κ2) is 5.43. The Bertz CT molecular complexity index is 486. The van der Waals surface area contributed by atoms with Gasteiger partial charge in [-0.1, -0.05) is 6.42 Å². The van der Waals surface area contributed by atoms with E-state index in [0.29, 0.717) is 17.4 Å². The SMILES string of the molecule is COc1ccc(C(=O)NC(C)C2CC3CCC2C3)cn1. The Morgan fingerprint density at radius 3 is 2.80 bits per heavy atom. The van der Waals surface area contributed by atoms with Crippen LogP contribution in [0.5, 0.6) is 5.88 Å². The molecule has 2 fully saturated rings. The quantitative estimate of drug-likeness (QED) is 0.918. The van der Waals surface area contributed by atoms with Crippen LogP contribution in [0.2, 0.25) is 0 Å². The topological polar surface area (TPSA) is 51.2 Å². The molecule has 2 saturated carbocycles. The van der Waals surface area contributed by atoms with Gasteiger partial charge in [-0.25, -0.2) is 4.98 Å². The fraction of sp³-hybridized carbons (Fsp3) is 0.625. The first-order valence-electron chi connectivity index (χ1n) is 7.48. The van der Waals surface area contributed by atoms with E-state index in [1.54, 1.807) is 25.4 Å². The molecule has 4 unspecified atom stereocenters. The maximum Gasteiger partial charge on any atom is 0.253 e. The van der Waals surface area contributed by atoms with Crippen LogP contribution in [0.3, 0.4) is 0 Å². The van der Waals surface area contributed by atoms with Gasteiger partial charge in [0.05, 0.1) is 12.7 Å². The number of nitrogens with one attached hydrogen (secondary N) is 1. The first kappa shape index (κ1) is 13.4. The number of rotatable bonds is 4. The van der Waals surface area contributed by atoms with Gasteiger partial charge >= 0.3 is 0 Å². The summed E-state index contributed by atoms with van der Waals surface area (Å²) in [5.74, 6) is 2.89. The molecule has 0 aliphatic heterocycles. The number of hydrogen-bond donors (Lipinski definition) is 1. The summed E-state index contributed by atoms with van der Waals surface area (Å²) in [6, 6.07) is 3.73. The molecule has 0 radical (unpaired) electrons. The maximum atomic E-state index is 12.2. The summed E-state index contributed by atoms with van der Waals surface area (Å²) in [7, 11) is 1.57. The third-order valence-corrected chi connectivity index (χ3v) is 5.00. The van der Waals surface area contributed by atoms with E-state index in [1.807, 2.05) is 0 Å². The molecule has 2 aliphatic carbocycles. The van der Waals surface area contributed by atoms with Crippen LogP contribution >= 0.6 is 0 Å². The zero-order valence-electron chi connectivity index (χ0n) is 12.1. The number of amides is 1. The molecule has 0 saturated heterocycles. The maximum absolute atomic E-state index is 12.2. The van der Waals surface area contributed by atoms with Crippen molar-refractivity contribution in [1.82, 2.24) is 10.3 Å². The molecule has 4 heteroatoms. The van der Waals surface area contributed by atoms with Crippen molar-refractivity contribution >= 4 is 5.91 Å². The molecule has 1 N–H and O–H groups in total. The number of carbonyl (C=O) groups is 1. The molecular formula is C16H22N2O2. The highest BCUT2D eigenvalue weighted by Crippen LogP contribution is 2.49. The standard InChI is InChI=1S/C16H22N2O2/c1-10(14-8-11-3-4-12(14)7-11)18-16(19)13-5-6-15(20-2)17-9-13/h5-6,9-12,14H,3-4,7-8H2,1-2H3,(H,18,19). The minimum absolute atomic E-state index is 0.0320. The van der Waals surface area contributed by atoms with Gasteiger partial charge in [-0.15, -0.1) is 0 Å². The van der Waals surface area contributed by atoms with Gasteiger partial charge in [-0.2, -0.15) is 0 Å². The highest BCUT2D eigenvalue weighted by molar-refractivity contribution is 5.94. The molecule has 2 aliphatic rings. The summed E-state index contributed by atoms with van der Waals surface area (Å²) < 4.78 is 5.00. The molecule has 4 atom stereocenters. The zero-order valence-corrected chi connectivity index (χ0v) is 12.1. The summed E-state index contributed by atoms with van der Waals surface area (Å²) in [6.07, 6.45) is 6.97. The summed E-state index contributed by atoms with van der Waals surface area (Å²) in [5, 5.41) is 3.14. The Balaban J connectivity index is 1.60. The average Bonchev–Trinajstić information content (AvgIpc) is 3.10. The van der Waals surface area contributed by atoms with E-state index in [0.717, 1.165) is 11.8 Å². The smallest absolute Gasteiger partial charge is 0.253 e. The van der Waals surface area contributed by atoms with Gasteiger partial charge in [0, 0.05) is 18.3 Å². The van der Waals surface area contributed by atoms with Crippen molar-refractivity contribution in [3.05, 3.63) is 23.9 Å². The van der Waals surface area contributed by atoms with E-state index >= 15 is 0 Å². The highest BCUT2D eigenvalue weighted by Gasteiger charge is 2.42.